The van der Waals surface area contributed by atoms with Crippen molar-refractivity contribution in [2.24, 2.45) is 5.92 Å². The summed E-state index contributed by atoms with van der Waals surface area (Å²) in [5.74, 6) is 0.937. The number of carbonyl (C=O) groups excluding carboxylic acids is 1. The molecule has 0 radical (unpaired) electrons. The second kappa shape index (κ2) is 7.74. The zero-order chi connectivity index (χ0) is 12.6. The van der Waals surface area contributed by atoms with Crippen LogP contribution in [0.1, 0.15) is 44.9 Å². The third-order valence-electron chi connectivity index (χ3n) is 3.99. The van der Waals surface area contributed by atoms with Crippen LogP contribution in [0, 0.1) is 5.92 Å². The Bertz CT molecular complexity index is 246. The number of hydrogen-bond donors (Lipinski definition) is 2. The van der Waals surface area contributed by atoms with E-state index < -0.39 is 0 Å². The monoisotopic (exact) mass is 254 g/mol. The number of amides is 1. The first-order chi connectivity index (χ1) is 8.84. The quantitative estimate of drug-likeness (QED) is 0.754. The highest BCUT2D eigenvalue weighted by molar-refractivity contribution is 5.75. The van der Waals surface area contributed by atoms with Crippen LogP contribution in [-0.2, 0) is 9.53 Å². The summed E-state index contributed by atoms with van der Waals surface area (Å²) in [4.78, 5) is 11.7. The number of piperidine rings is 1. The van der Waals surface area contributed by atoms with Crippen molar-refractivity contribution in [3.05, 3.63) is 0 Å². The van der Waals surface area contributed by atoms with Crippen molar-refractivity contribution in [2.75, 3.05) is 26.2 Å². The Morgan fingerprint density at radius 1 is 1.28 bits per heavy atom. The van der Waals surface area contributed by atoms with Gasteiger partial charge in [0.05, 0.1) is 6.10 Å². The first-order valence-electron chi connectivity index (χ1n) is 7.43. The van der Waals surface area contributed by atoms with E-state index >= 15 is 0 Å². The van der Waals surface area contributed by atoms with E-state index in [1.165, 1.54) is 12.8 Å². The van der Waals surface area contributed by atoms with Gasteiger partial charge in [0, 0.05) is 19.6 Å². The van der Waals surface area contributed by atoms with Crippen molar-refractivity contribution in [3.63, 3.8) is 0 Å². The molecule has 0 aliphatic carbocycles. The van der Waals surface area contributed by atoms with Gasteiger partial charge >= 0.3 is 0 Å². The van der Waals surface area contributed by atoms with Crippen molar-refractivity contribution in [2.45, 2.75) is 51.0 Å². The van der Waals surface area contributed by atoms with Crippen LogP contribution in [0.15, 0.2) is 0 Å². The van der Waals surface area contributed by atoms with E-state index in [9.17, 15) is 4.79 Å². The molecule has 2 aliphatic heterocycles. The molecule has 4 nitrogen and oxygen atoms in total. The average molecular weight is 254 g/mol. The van der Waals surface area contributed by atoms with Crippen LogP contribution in [-0.4, -0.2) is 38.3 Å². The Hall–Kier alpha value is -0.610. The van der Waals surface area contributed by atoms with Crippen LogP contribution in [0.4, 0.5) is 0 Å². The highest BCUT2D eigenvalue weighted by Gasteiger charge is 2.17. The van der Waals surface area contributed by atoms with Gasteiger partial charge in [-0.2, -0.15) is 0 Å². The lowest BCUT2D eigenvalue weighted by Crippen LogP contribution is -2.33. The Labute approximate surface area is 110 Å². The molecule has 2 aliphatic rings. The highest BCUT2D eigenvalue weighted by atomic mass is 16.5. The van der Waals surface area contributed by atoms with Gasteiger partial charge in [-0.1, -0.05) is 0 Å². The minimum Gasteiger partial charge on any atom is -0.378 e. The Morgan fingerprint density at radius 2 is 2.22 bits per heavy atom. The standard InChI is InChI=1S/C14H26N2O2/c17-14(6-5-13-4-2-10-18-13)16-9-7-12-3-1-8-15-11-12/h12-13,15H,1-11H2,(H,16,17). The van der Waals surface area contributed by atoms with E-state index in [1.54, 1.807) is 0 Å². The van der Waals surface area contributed by atoms with Gasteiger partial charge < -0.3 is 15.4 Å². The summed E-state index contributed by atoms with van der Waals surface area (Å²) in [5.41, 5.74) is 0. The summed E-state index contributed by atoms with van der Waals surface area (Å²) in [6.07, 6.45) is 7.81. The fourth-order valence-electron chi connectivity index (χ4n) is 2.84. The predicted octanol–water partition coefficient (Wildman–Crippen LogP) is 1.45. The summed E-state index contributed by atoms with van der Waals surface area (Å²) in [5, 5.41) is 6.44. The van der Waals surface area contributed by atoms with E-state index in [2.05, 4.69) is 10.6 Å². The molecule has 2 saturated heterocycles. The fraction of sp³-hybridized carbons (Fsp3) is 0.929. The molecule has 0 aromatic rings. The number of carbonyl (C=O) groups is 1. The minimum absolute atomic E-state index is 0.189. The molecule has 18 heavy (non-hydrogen) atoms. The van der Waals surface area contributed by atoms with Gasteiger partial charge in [-0.05, 0) is 57.5 Å². The molecule has 2 rings (SSSR count). The SMILES string of the molecule is O=C(CCC1CCCO1)NCCC1CCCNC1. The topological polar surface area (TPSA) is 50.4 Å². The molecular weight excluding hydrogens is 228 g/mol. The molecule has 0 bridgehead atoms. The molecule has 2 heterocycles. The smallest absolute Gasteiger partial charge is 0.220 e. The fourth-order valence-corrected chi connectivity index (χ4v) is 2.84. The molecule has 2 atom stereocenters. The molecule has 0 aromatic carbocycles. The van der Waals surface area contributed by atoms with Gasteiger partial charge in [0.1, 0.15) is 0 Å². The van der Waals surface area contributed by atoms with Gasteiger partial charge in [-0.3, -0.25) is 4.79 Å². The van der Waals surface area contributed by atoms with Crippen molar-refractivity contribution >= 4 is 5.91 Å². The summed E-state index contributed by atoms with van der Waals surface area (Å²) < 4.78 is 5.51. The summed E-state index contributed by atoms with van der Waals surface area (Å²) >= 11 is 0. The van der Waals surface area contributed by atoms with Gasteiger partial charge in [0.2, 0.25) is 5.91 Å². The van der Waals surface area contributed by atoms with Crippen LogP contribution < -0.4 is 10.6 Å². The lowest BCUT2D eigenvalue weighted by Gasteiger charge is -2.22. The lowest BCUT2D eigenvalue weighted by atomic mass is 9.96. The molecule has 0 spiro atoms. The largest absolute Gasteiger partial charge is 0.378 e. The first kappa shape index (κ1) is 13.8. The second-order valence-electron chi connectivity index (χ2n) is 5.52. The molecule has 104 valence electrons. The molecule has 2 N–H and O–H groups in total. The third-order valence-corrected chi connectivity index (χ3v) is 3.99. The van der Waals surface area contributed by atoms with Crippen molar-refractivity contribution in [3.8, 4) is 0 Å². The van der Waals surface area contributed by atoms with Crippen molar-refractivity contribution < 1.29 is 9.53 Å². The third kappa shape index (κ3) is 4.94. The molecule has 1 amide bonds. The van der Waals surface area contributed by atoms with E-state index in [0.717, 1.165) is 57.8 Å². The summed E-state index contributed by atoms with van der Waals surface area (Å²) in [7, 11) is 0. The highest BCUT2D eigenvalue weighted by Crippen LogP contribution is 2.16. The first-order valence-corrected chi connectivity index (χ1v) is 7.43. The van der Waals surface area contributed by atoms with Gasteiger partial charge in [0.25, 0.3) is 0 Å². The summed E-state index contributed by atoms with van der Waals surface area (Å²) in [6, 6.07) is 0. The van der Waals surface area contributed by atoms with Crippen LogP contribution in [0.3, 0.4) is 0 Å². The van der Waals surface area contributed by atoms with Gasteiger partial charge in [-0.25, -0.2) is 0 Å². The Balaban J connectivity index is 1.48. The number of nitrogens with one attached hydrogen (secondary N) is 2. The number of hydrogen-bond acceptors (Lipinski definition) is 3. The predicted molar refractivity (Wildman–Crippen MR) is 71.4 cm³/mol. The van der Waals surface area contributed by atoms with Crippen LogP contribution in [0.5, 0.6) is 0 Å². The van der Waals surface area contributed by atoms with Crippen LogP contribution in [0.25, 0.3) is 0 Å². The molecule has 2 fully saturated rings. The molecule has 4 heteroatoms. The van der Waals surface area contributed by atoms with E-state index in [1.807, 2.05) is 0 Å². The zero-order valence-electron chi connectivity index (χ0n) is 11.2. The van der Waals surface area contributed by atoms with Gasteiger partial charge in [0.15, 0.2) is 0 Å². The Kier molecular flexibility index (Phi) is 5.94. The van der Waals surface area contributed by atoms with E-state index in [4.69, 9.17) is 4.74 Å². The molecule has 2 unspecified atom stereocenters. The molecule has 0 aromatic heterocycles. The second-order valence-corrected chi connectivity index (χ2v) is 5.52. The number of ether oxygens (including phenoxy) is 1. The lowest BCUT2D eigenvalue weighted by molar-refractivity contribution is -0.121. The summed E-state index contributed by atoms with van der Waals surface area (Å²) in [6.45, 7) is 3.98. The van der Waals surface area contributed by atoms with E-state index in [0.29, 0.717) is 12.5 Å². The normalized spacial score (nSPS) is 28.2. The Morgan fingerprint density at radius 3 is 2.94 bits per heavy atom. The van der Waals surface area contributed by atoms with Crippen LogP contribution >= 0.6 is 0 Å². The zero-order valence-corrected chi connectivity index (χ0v) is 11.2. The minimum atomic E-state index is 0.189. The van der Waals surface area contributed by atoms with E-state index in [-0.39, 0.29) is 5.91 Å². The average Bonchev–Trinajstić information content (AvgIpc) is 2.91. The molecular formula is C14H26N2O2. The van der Waals surface area contributed by atoms with Crippen LogP contribution in [0.2, 0.25) is 0 Å². The van der Waals surface area contributed by atoms with Crippen molar-refractivity contribution in [1.82, 2.24) is 10.6 Å². The molecule has 0 saturated carbocycles. The maximum Gasteiger partial charge on any atom is 0.220 e. The maximum atomic E-state index is 11.7. The van der Waals surface area contributed by atoms with Crippen molar-refractivity contribution in [1.29, 1.82) is 0 Å². The maximum absolute atomic E-state index is 11.7. The number of rotatable bonds is 6. The van der Waals surface area contributed by atoms with Gasteiger partial charge in [-0.15, -0.1) is 0 Å².